The minimum absolute atomic E-state index is 0.136. The third kappa shape index (κ3) is 3.81. The van der Waals surface area contributed by atoms with E-state index in [2.05, 4.69) is 11.9 Å². The summed E-state index contributed by atoms with van der Waals surface area (Å²) in [6.07, 6.45) is 9.20. The van der Waals surface area contributed by atoms with Gasteiger partial charge >= 0.3 is 0 Å². The average Bonchev–Trinajstić information content (AvgIpc) is 3.41. The SMILES string of the molecule is C=C1NC2CCC(C3CCC(C(=O)N4CCN(C(=O)C5(O)CC5)CC4)CC3)CC2O1. The molecule has 3 saturated carbocycles. The van der Waals surface area contributed by atoms with Gasteiger partial charge in [-0.05, 0) is 76.2 Å². The summed E-state index contributed by atoms with van der Waals surface area (Å²) in [6, 6.07) is 0.442. The molecule has 7 nitrogen and oxygen atoms in total. The van der Waals surface area contributed by atoms with E-state index in [0.29, 0.717) is 56.9 Å². The first-order valence-corrected chi connectivity index (χ1v) is 11.9. The van der Waals surface area contributed by atoms with E-state index in [-0.39, 0.29) is 23.8 Å². The Hall–Kier alpha value is -1.76. The van der Waals surface area contributed by atoms with Gasteiger partial charge in [0.05, 0.1) is 6.04 Å². The van der Waals surface area contributed by atoms with Crippen LogP contribution in [-0.2, 0) is 14.3 Å². The monoisotopic (exact) mass is 417 g/mol. The predicted molar refractivity (Wildman–Crippen MR) is 111 cm³/mol. The van der Waals surface area contributed by atoms with Crippen molar-refractivity contribution < 1.29 is 19.4 Å². The summed E-state index contributed by atoms with van der Waals surface area (Å²) >= 11 is 0. The fourth-order valence-corrected chi connectivity index (χ4v) is 6.16. The molecule has 0 aromatic carbocycles. The van der Waals surface area contributed by atoms with Gasteiger partial charge in [0, 0.05) is 32.1 Å². The number of piperazine rings is 1. The van der Waals surface area contributed by atoms with Crippen molar-refractivity contribution in [1.82, 2.24) is 15.1 Å². The van der Waals surface area contributed by atoms with Crippen molar-refractivity contribution in [2.75, 3.05) is 26.2 Å². The molecule has 3 aliphatic carbocycles. The summed E-state index contributed by atoms with van der Waals surface area (Å²) in [5, 5.41) is 13.4. The average molecular weight is 418 g/mol. The second-order valence-corrected chi connectivity index (χ2v) is 10.2. The molecule has 3 atom stereocenters. The minimum atomic E-state index is -1.10. The lowest BCUT2D eigenvalue weighted by molar-refractivity contribution is -0.148. The lowest BCUT2D eigenvalue weighted by atomic mass is 9.69. The van der Waals surface area contributed by atoms with Gasteiger partial charge in [-0.2, -0.15) is 0 Å². The molecule has 2 heterocycles. The molecule has 0 aromatic heterocycles. The number of hydrogen-bond donors (Lipinski definition) is 2. The van der Waals surface area contributed by atoms with E-state index < -0.39 is 5.60 Å². The van der Waals surface area contributed by atoms with Crippen LogP contribution < -0.4 is 5.32 Å². The van der Waals surface area contributed by atoms with E-state index in [1.807, 2.05) is 4.90 Å². The Bertz CT molecular complexity index is 705. The number of aliphatic hydroxyl groups is 1. The molecular weight excluding hydrogens is 382 g/mol. The third-order valence-electron chi connectivity index (χ3n) is 8.26. The number of hydrogen-bond acceptors (Lipinski definition) is 5. The molecule has 5 fully saturated rings. The Morgan fingerprint density at radius 2 is 1.60 bits per heavy atom. The number of amides is 2. The molecule has 7 heteroatoms. The lowest BCUT2D eigenvalue weighted by Crippen LogP contribution is -2.54. The highest BCUT2D eigenvalue weighted by Gasteiger charge is 2.50. The lowest BCUT2D eigenvalue weighted by Gasteiger charge is -2.40. The maximum Gasteiger partial charge on any atom is 0.254 e. The fraction of sp³-hybridized carbons (Fsp3) is 0.826. The number of nitrogens with zero attached hydrogens (tertiary/aromatic N) is 2. The smallest absolute Gasteiger partial charge is 0.254 e. The van der Waals surface area contributed by atoms with Crippen molar-refractivity contribution in [1.29, 1.82) is 0 Å². The predicted octanol–water partition coefficient (Wildman–Crippen LogP) is 1.62. The quantitative estimate of drug-likeness (QED) is 0.729. The fourth-order valence-electron chi connectivity index (χ4n) is 6.16. The van der Waals surface area contributed by atoms with E-state index in [4.69, 9.17) is 4.74 Å². The van der Waals surface area contributed by atoms with Crippen LogP contribution in [0, 0.1) is 17.8 Å². The molecule has 0 radical (unpaired) electrons. The summed E-state index contributed by atoms with van der Waals surface area (Å²) in [7, 11) is 0. The van der Waals surface area contributed by atoms with Gasteiger partial charge in [-0.15, -0.1) is 0 Å². The zero-order chi connectivity index (χ0) is 20.9. The van der Waals surface area contributed by atoms with Gasteiger partial charge < -0.3 is 25.0 Å². The Labute approximate surface area is 178 Å². The molecule has 30 heavy (non-hydrogen) atoms. The van der Waals surface area contributed by atoms with Crippen LogP contribution in [0.1, 0.15) is 57.8 Å². The molecular formula is C23H35N3O4. The van der Waals surface area contributed by atoms with Crippen LogP contribution in [0.3, 0.4) is 0 Å². The molecule has 166 valence electrons. The minimum Gasteiger partial charge on any atom is -0.474 e. The highest BCUT2D eigenvalue weighted by Crippen LogP contribution is 2.42. The van der Waals surface area contributed by atoms with Gasteiger partial charge in [0.25, 0.3) is 5.91 Å². The van der Waals surface area contributed by atoms with Gasteiger partial charge in [-0.1, -0.05) is 0 Å². The number of carbonyl (C=O) groups excluding carboxylic acids is 2. The Morgan fingerprint density at radius 3 is 2.27 bits per heavy atom. The van der Waals surface area contributed by atoms with Crippen LogP contribution in [0.4, 0.5) is 0 Å². The topological polar surface area (TPSA) is 82.1 Å². The van der Waals surface area contributed by atoms with E-state index in [1.165, 1.54) is 6.42 Å². The molecule has 5 rings (SSSR count). The Balaban J connectivity index is 1.07. The first-order valence-electron chi connectivity index (χ1n) is 11.9. The Kier molecular flexibility index (Phi) is 5.20. The second-order valence-electron chi connectivity index (χ2n) is 10.2. The molecule has 2 amide bonds. The van der Waals surface area contributed by atoms with Crippen molar-refractivity contribution >= 4 is 11.8 Å². The van der Waals surface area contributed by atoms with E-state index in [1.54, 1.807) is 4.90 Å². The second kappa shape index (κ2) is 7.74. The van der Waals surface area contributed by atoms with Gasteiger partial charge in [0.15, 0.2) is 5.88 Å². The summed E-state index contributed by atoms with van der Waals surface area (Å²) in [4.78, 5) is 29.0. The largest absolute Gasteiger partial charge is 0.474 e. The molecule has 3 unspecified atom stereocenters. The number of ether oxygens (including phenoxy) is 1. The van der Waals surface area contributed by atoms with Crippen molar-refractivity contribution in [3.8, 4) is 0 Å². The molecule has 2 aliphatic heterocycles. The number of carbonyl (C=O) groups is 2. The molecule has 5 aliphatic rings. The number of fused-ring (bicyclic) bond motifs is 1. The highest BCUT2D eigenvalue weighted by molar-refractivity contribution is 5.88. The summed E-state index contributed by atoms with van der Waals surface area (Å²) < 4.78 is 5.87. The molecule has 0 aromatic rings. The Morgan fingerprint density at radius 1 is 0.967 bits per heavy atom. The van der Waals surface area contributed by atoms with Crippen LogP contribution in [0.5, 0.6) is 0 Å². The normalized spacial score (nSPS) is 37.8. The van der Waals surface area contributed by atoms with Gasteiger partial charge in [0.1, 0.15) is 11.7 Å². The molecule has 0 spiro atoms. The summed E-state index contributed by atoms with van der Waals surface area (Å²) in [5.74, 6) is 2.41. The highest BCUT2D eigenvalue weighted by atomic mass is 16.5. The maximum atomic E-state index is 13.0. The van der Waals surface area contributed by atoms with Gasteiger partial charge in [-0.25, -0.2) is 0 Å². The van der Waals surface area contributed by atoms with Crippen LogP contribution in [0.2, 0.25) is 0 Å². The van der Waals surface area contributed by atoms with Crippen molar-refractivity contribution in [3.63, 3.8) is 0 Å². The first kappa shape index (κ1) is 20.2. The maximum absolute atomic E-state index is 13.0. The number of rotatable bonds is 3. The summed E-state index contributed by atoms with van der Waals surface area (Å²) in [5.41, 5.74) is -1.10. The van der Waals surface area contributed by atoms with E-state index in [0.717, 1.165) is 44.4 Å². The van der Waals surface area contributed by atoms with Crippen LogP contribution >= 0.6 is 0 Å². The summed E-state index contributed by atoms with van der Waals surface area (Å²) in [6.45, 7) is 6.20. The van der Waals surface area contributed by atoms with E-state index >= 15 is 0 Å². The van der Waals surface area contributed by atoms with Crippen LogP contribution in [0.15, 0.2) is 12.5 Å². The molecule has 0 bridgehead atoms. The van der Waals surface area contributed by atoms with Crippen molar-refractivity contribution in [2.45, 2.75) is 75.5 Å². The van der Waals surface area contributed by atoms with Crippen molar-refractivity contribution in [2.24, 2.45) is 17.8 Å². The van der Waals surface area contributed by atoms with E-state index in [9.17, 15) is 14.7 Å². The zero-order valence-electron chi connectivity index (χ0n) is 17.9. The number of nitrogens with one attached hydrogen (secondary N) is 1. The van der Waals surface area contributed by atoms with Gasteiger partial charge in [0.2, 0.25) is 5.91 Å². The molecule has 2 N–H and O–H groups in total. The van der Waals surface area contributed by atoms with Crippen LogP contribution in [-0.4, -0.2) is 70.6 Å². The zero-order valence-corrected chi connectivity index (χ0v) is 17.9. The standard InChI is InChI=1S/C23H35N3O4/c1-15-24-19-7-6-18(14-20(19)30-15)16-2-4-17(5-3-16)21(27)25-10-12-26(13-11-25)22(28)23(29)8-9-23/h16-20,24,29H,1-14H2. The molecule has 2 saturated heterocycles. The first-order chi connectivity index (χ1) is 14.4. The van der Waals surface area contributed by atoms with Crippen molar-refractivity contribution in [3.05, 3.63) is 12.5 Å². The third-order valence-corrected chi connectivity index (χ3v) is 8.26. The van der Waals surface area contributed by atoms with Crippen LogP contribution in [0.25, 0.3) is 0 Å². The van der Waals surface area contributed by atoms with Gasteiger partial charge in [-0.3, -0.25) is 9.59 Å².